The summed E-state index contributed by atoms with van der Waals surface area (Å²) in [5.74, 6) is -0.622. The Hall–Kier alpha value is -2.29. The second-order valence-electron chi connectivity index (χ2n) is 7.18. The lowest BCUT2D eigenvalue weighted by molar-refractivity contribution is 0.0693. The van der Waals surface area contributed by atoms with Gasteiger partial charge in [-0.2, -0.15) is 0 Å². The normalized spacial score (nSPS) is 13.5. The van der Waals surface area contributed by atoms with E-state index in [9.17, 15) is 14.4 Å². The van der Waals surface area contributed by atoms with E-state index >= 15 is 0 Å². The predicted molar refractivity (Wildman–Crippen MR) is 120 cm³/mol. The molecule has 0 fully saturated rings. The molecule has 9 heteroatoms. The number of amides is 2. The maximum Gasteiger partial charge on any atom is 0.270 e. The Labute approximate surface area is 185 Å². The third kappa shape index (κ3) is 4.88. The van der Waals surface area contributed by atoms with Gasteiger partial charge in [0.05, 0.1) is 0 Å². The molecule has 1 N–H and O–H groups in total. The van der Waals surface area contributed by atoms with Gasteiger partial charge in [-0.25, -0.2) is 0 Å². The van der Waals surface area contributed by atoms with Gasteiger partial charge in [0.25, 0.3) is 17.4 Å². The Balaban J connectivity index is 1.77. The van der Waals surface area contributed by atoms with Gasteiger partial charge in [0, 0.05) is 37.7 Å². The number of halogens is 1. The molecule has 0 unspecified atom stereocenters. The topological polar surface area (TPSA) is 74.7 Å². The smallest absolute Gasteiger partial charge is 0.270 e. The Morgan fingerprint density at radius 3 is 2.60 bits per heavy atom. The summed E-state index contributed by atoms with van der Waals surface area (Å²) in [6.45, 7) is 4.20. The van der Waals surface area contributed by atoms with E-state index in [1.165, 1.54) is 10.6 Å². The molecule has 1 aromatic carbocycles. The molecule has 1 aliphatic rings. The molecule has 1 aliphatic heterocycles. The van der Waals surface area contributed by atoms with Crippen LogP contribution in [0.4, 0.5) is 0 Å². The van der Waals surface area contributed by atoms with Crippen molar-refractivity contribution in [2.45, 2.75) is 20.0 Å². The van der Waals surface area contributed by atoms with E-state index in [4.69, 9.17) is 11.6 Å². The van der Waals surface area contributed by atoms with Crippen molar-refractivity contribution in [2.75, 3.05) is 32.9 Å². The van der Waals surface area contributed by atoms with Crippen molar-refractivity contribution in [2.24, 2.45) is 0 Å². The molecular formula is C21H25ClN4O3S. The highest BCUT2D eigenvalue weighted by molar-refractivity contribution is 7.96. The first kappa shape index (κ1) is 22.4. The maximum atomic E-state index is 12.9. The standard InChI is InChI=1S/C21H25ClN4O3S/c1-14-12-17(19(27)23-13-15-4-6-16(22)7-5-15)20(28)26-11-10-25(21(29)18(14)26)9-8-24(2)30-3/h4-7,12H,8-11,13H2,1-3H3,(H,23,27). The minimum Gasteiger partial charge on any atom is -0.348 e. The van der Waals surface area contributed by atoms with E-state index in [1.54, 1.807) is 35.9 Å². The molecule has 0 spiro atoms. The summed E-state index contributed by atoms with van der Waals surface area (Å²) in [4.78, 5) is 40.3. The van der Waals surface area contributed by atoms with Crippen LogP contribution in [-0.2, 0) is 13.1 Å². The van der Waals surface area contributed by atoms with E-state index in [1.807, 2.05) is 25.4 Å². The van der Waals surface area contributed by atoms with E-state index in [2.05, 4.69) is 9.62 Å². The molecule has 7 nitrogen and oxygen atoms in total. The summed E-state index contributed by atoms with van der Waals surface area (Å²) in [6, 6.07) is 8.63. The molecule has 3 rings (SSSR count). The predicted octanol–water partition coefficient (Wildman–Crippen LogP) is 2.41. The number of pyridine rings is 1. The number of likely N-dealkylation sites (N-methyl/N-ethyl adjacent to an activating group) is 1. The summed E-state index contributed by atoms with van der Waals surface area (Å²) >= 11 is 7.48. The number of carbonyl (C=O) groups excluding carboxylic acids is 2. The summed E-state index contributed by atoms with van der Waals surface area (Å²) < 4.78 is 3.49. The highest BCUT2D eigenvalue weighted by Crippen LogP contribution is 2.17. The van der Waals surface area contributed by atoms with Crippen LogP contribution < -0.4 is 10.9 Å². The molecule has 2 amide bonds. The average molecular weight is 449 g/mol. The zero-order valence-electron chi connectivity index (χ0n) is 17.3. The summed E-state index contributed by atoms with van der Waals surface area (Å²) in [5, 5.41) is 3.39. The second-order valence-corrected chi connectivity index (χ2v) is 8.61. The summed E-state index contributed by atoms with van der Waals surface area (Å²) in [7, 11) is 1.97. The van der Waals surface area contributed by atoms with Gasteiger partial charge < -0.3 is 14.8 Å². The fraction of sp³-hybridized carbons (Fsp3) is 0.381. The Morgan fingerprint density at radius 1 is 1.23 bits per heavy atom. The van der Waals surface area contributed by atoms with E-state index < -0.39 is 11.5 Å². The number of rotatable bonds is 7. The molecule has 2 heterocycles. The van der Waals surface area contributed by atoms with Crippen LogP contribution in [0.2, 0.25) is 5.02 Å². The minimum atomic E-state index is -0.454. The van der Waals surface area contributed by atoms with E-state index in [0.717, 1.165) is 12.1 Å². The number of fused-ring (bicyclic) bond motifs is 1. The van der Waals surface area contributed by atoms with Crippen LogP contribution in [0.3, 0.4) is 0 Å². The molecule has 0 atom stereocenters. The minimum absolute atomic E-state index is 0.0496. The molecule has 0 radical (unpaired) electrons. The van der Waals surface area contributed by atoms with Crippen LogP contribution in [0.25, 0.3) is 0 Å². The van der Waals surface area contributed by atoms with Crippen molar-refractivity contribution in [1.29, 1.82) is 0 Å². The quantitative estimate of drug-likeness (QED) is 0.658. The molecular weight excluding hydrogens is 424 g/mol. The highest BCUT2D eigenvalue weighted by atomic mass is 35.5. The lowest BCUT2D eigenvalue weighted by Crippen LogP contribution is -2.48. The van der Waals surface area contributed by atoms with E-state index in [0.29, 0.717) is 35.9 Å². The molecule has 0 saturated carbocycles. The second kappa shape index (κ2) is 9.68. The molecule has 160 valence electrons. The van der Waals surface area contributed by atoms with Gasteiger partial charge in [0.2, 0.25) is 0 Å². The van der Waals surface area contributed by atoms with Gasteiger partial charge >= 0.3 is 0 Å². The molecule has 2 aromatic rings. The Morgan fingerprint density at radius 2 is 1.93 bits per heavy atom. The third-order valence-corrected chi connectivity index (χ3v) is 6.23. The zero-order chi connectivity index (χ0) is 21.8. The molecule has 1 aromatic heterocycles. The molecule has 30 heavy (non-hydrogen) atoms. The van der Waals surface area contributed by atoms with Gasteiger partial charge in [-0.1, -0.05) is 35.7 Å². The van der Waals surface area contributed by atoms with Crippen molar-refractivity contribution in [3.8, 4) is 0 Å². The zero-order valence-corrected chi connectivity index (χ0v) is 18.8. The average Bonchev–Trinajstić information content (AvgIpc) is 2.74. The number of benzene rings is 1. The lowest BCUT2D eigenvalue weighted by Gasteiger charge is -2.31. The maximum absolute atomic E-state index is 12.9. The molecule has 0 saturated heterocycles. The van der Waals surface area contributed by atoms with Crippen LogP contribution in [0.1, 0.15) is 32.0 Å². The number of carbonyl (C=O) groups is 2. The van der Waals surface area contributed by atoms with Crippen molar-refractivity contribution in [3.05, 3.63) is 68.1 Å². The number of nitrogens with zero attached hydrogens (tertiary/aromatic N) is 3. The third-order valence-electron chi connectivity index (χ3n) is 5.17. The van der Waals surface area contributed by atoms with Crippen LogP contribution in [0.5, 0.6) is 0 Å². The number of aromatic nitrogens is 1. The molecule has 0 aliphatic carbocycles. The van der Waals surface area contributed by atoms with Crippen molar-refractivity contribution >= 4 is 35.4 Å². The Bertz CT molecular complexity index is 1010. The van der Waals surface area contributed by atoms with Crippen molar-refractivity contribution in [1.82, 2.24) is 19.1 Å². The van der Waals surface area contributed by atoms with Crippen molar-refractivity contribution < 1.29 is 9.59 Å². The lowest BCUT2D eigenvalue weighted by atomic mass is 10.1. The van der Waals surface area contributed by atoms with Crippen molar-refractivity contribution in [3.63, 3.8) is 0 Å². The first-order valence-corrected chi connectivity index (χ1v) is 11.2. The van der Waals surface area contributed by atoms with Crippen LogP contribution in [0, 0.1) is 6.92 Å². The first-order chi connectivity index (χ1) is 14.3. The van der Waals surface area contributed by atoms with E-state index in [-0.39, 0.29) is 18.0 Å². The fourth-order valence-electron chi connectivity index (χ4n) is 3.38. The van der Waals surface area contributed by atoms with Gasteiger partial charge in [-0.05, 0) is 49.6 Å². The monoisotopic (exact) mass is 448 g/mol. The van der Waals surface area contributed by atoms with Crippen LogP contribution in [0.15, 0.2) is 35.1 Å². The number of hydrogen-bond donors (Lipinski definition) is 1. The van der Waals surface area contributed by atoms with Crippen LogP contribution >= 0.6 is 23.5 Å². The number of nitrogens with one attached hydrogen (secondary N) is 1. The number of aryl methyl sites for hydroxylation is 1. The Kier molecular flexibility index (Phi) is 7.23. The summed E-state index contributed by atoms with van der Waals surface area (Å²) in [5.41, 5.74) is 1.49. The van der Waals surface area contributed by atoms with Gasteiger partial charge in [-0.3, -0.25) is 18.7 Å². The highest BCUT2D eigenvalue weighted by Gasteiger charge is 2.29. The fourth-order valence-corrected chi connectivity index (χ4v) is 3.77. The van der Waals surface area contributed by atoms with Crippen LogP contribution in [-0.4, -0.2) is 58.5 Å². The number of hydrogen-bond acceptors (Lipinski definition) is 5. The largest absolute Gasteiger partial charge is 0.348 e. The molecule has 0 bridgehead atoms. The van der Waals surface area contributed by atoms with Gasteiger partial charge in [0.15, 0.2) is 0 Å². The van der Waals surface area contributed by atoms with Gasteiger partial charge in [-0.15, -0.1) is 0 Å². The van der Waals surface area contributed by atoms with Gasteiger partial charge in [0.1, 0.15) is 11.3 Å². The summed E-state index contributed by atoms with van der Waals surface area (Å²) in [6.07, 6.45) is 1.98. The first-order valence-electron chi connectivity index (χ1n) is 9.63. The SMILES string of the molecule is CSN(C)CCN1CCn2c(c(C)cc(C(=O)NCc3ccc(Cl)cc3)c2=O)C1=O.